The standard InChI is InChI=1S/C12H8ClF4N3/c13-6-3-10(18)11(19-5-6)20-7-1-2-9(14)8(4-7)12(15,16)17/h1-5H,18H2,(H,19,20). The van der Waals surface area contributed by atoms with Crippen molar-refractivity contribution in [3.63, 3.8) is 0 Å². The minimum Gasteiger partial charge on any atom is -0.396 e. The first-order valence-electron chi connectivity index (χ1n) is 5.32. The van der Waals surface area contributed by atoms with Gasteiger partial charge < -0.3 is 11.1 Å². The van der Waals surface area contributed by atoms with Gasteiger partial charge in [-0.3, -0.25) is 0 Å². The summed E-state index contributed by atoms with van der Waals surface area (Å²) in [6, 6.07) is 3.91. The van der Waals surface area contributed by atoms with E-state index in [4.69, 9.17) is 17.3 Å². The molecule has 0 aliphatic carbocycles. The van der Waals surface area contributed by atoms with E-state index in [1.807, 2.05) is 0 Å². The molecule has 8 heteroatoms. The van der Waals surface area contributed by atoms with Gasteiger partial charge in [-0.25, -0.2) is 9.37 Å². The largest absolute Gasteiger partial charge is 0.419 e. The zero-order chi connectivity index (χ0) is 14.9. The molecule has 0 spiro atoms. The lowest BCUT2D eigenvalue weighted by Crippen LogP contribution is -2.09. The normalized spacial score (nSPS) is 11.4. The van der Waals surface area contributed by atoms with E-state index in [1.54, 1.807) is 0 Å². The summed E-state index contributed by atoms with van der Waals surface area (Å²) >= 11 is 5.66. The molecular weight excluding hydrogens is 298 g/mol. The summed E-state index contributed by atoms with van der Waals surface area (Å²) in [7, 11) is 0. The molecule has 1 heterocycles. The molecular formula is C12H8ClF4N3. The first-order valence-corrected chi connectivity index (χ1v) is 5.70. The number of nitrogens with zero attached hydrogens (tertiary/aromatic N) is 1. The summed E-state index contributed by atoms with van der Waals surface area (Å²) in [4.78, 5) is 3.84. The fourth-order valence-corrected chi connectivity index (χ4v) is 1.68. The maximum atomic E-state index is 13.1. The molecule has 106 valence electrons. The number of pyridine rings is 1. The van der Waals surface area contributed by atoms with Gasteiger partial charge in [-0.15, -0.1) is 0 Å². The second kappa shape index (κ2) is 5.16. The summed E-state index contributed by atoms with van der Waals surface area (Å²) in [5, 5.41) is 2.87. The highest BCUT2D eigenvalue weighted by atomic mass is 35.5. The summed E-state index contributed by atoms with van der Waals surface area (Å²) < 4.78 is 50.9. The third-order valence-electron chi connectivity index (χ3n) is 2.42. The van der Waals surface area contributed by atoms with E-state index < -0.39 is 17.6 Å². The fraction of sp³-hybridized carbons (Fsp3) is 0.0833. The molecule has 2 aromatic rings. The van der Waals surface area contributed by atoms with Crippen LogP contribution in [0.3, 0.4) is 0 Å². The number of hydrogen-bond acceptors (Lipinski definition) is 3. The van der Waals surface area contributed by atoms with Crippen molar-refractivity contribution in [3.05, 3.63) is 46.9 Å². The Morgan fingerprint density at radius 2 is 1.90 bits per heavy atom. The number of alkyl halides is 3. The minimum absolute atomic E-state index is 0.0141. The van der Waals surface area contributed by atoms with Crippen LogP contribution in [0.1, 0.15) is 5.56 Å². The molecule has 0 aliphatic heterocycles. The minimum atomic E-state index is -4.78. The van der Waals surface area contributed by atoms with Crippen LogP contribution in [0.2, 0.25) is 5.02 Å². The van der Waals surface area contributed by atoms with Gasteiger partial charge in [0, 0.05) is 11.9 Å². The summed E-state index contributed by atoms with van der Waals surface area (Å²) in [6.45, 7) is 0. The predicted molar refractivity (Wildman–Crippen MR) is 68.3 cm³/mol. The van der Waals surface area contributed by atoms with Crippen LogP contribution in [-0.2, 0) is 6.18 Å². The molecule has 3 nitrogen and oxygen atoms in total. The molecule has 0 aliphatic rings. The van der Waals surface area contributed by atoms with Crippen molar-refractivity contribution in [3.8, 4) is 0 Å². The monoisotopic (exact) mass is 305 g/mol. The van der Waals surface area contributed by atoms with Gasteiger partial charge in [0.25, 0.3) is 0 Å². The van der Waals surface area contributed by atoms with Crippen molar-refractivity contribution in [2.75, 3.05) is 11.1 Å². The lowest BCUT2D eigenvalue weighted by Gasteiger charge is -2.12. The average Bonchev–Trinajstić information content (AvgIpc) is 2.33. The average molecular weight is 306 g/mol. The molecule has 0 saturated carbocycles. The summed E-state index contributed by atoms with van der Waals surface area (Å²) in [6.07, 6.45) is -3.49. The number of aromatic nitrogens is 1. The number of anilines is 3. The second-order valence-electron chi connectivity index (χ2n) is 3.91. The van der Waals surface area contributed by atoms with Crippen LogP contribution in [0.15, 0.2) is 30.5 Å². The quantitative estimate of drug-likeness (QED) is 0.817. The zero-order valence-corrected chi connectivity index (χ0v) is 10.6. The Kier molecular flexibility index (Phi) is 3.71. The molecule has 0 fully saturated rings. The summed E-state index contributed by atoms with van der Waals surface area (Å²) in [5.41, 5.74) is 4.43. The SMILES string of the molecule is Nc1cc(Cl)cnc1Nc1ccc(F)c(C(F)(F)F)c1. The molecule has 1 aromatic carbocycles. The van der Waals surface area contributed by atoms with Gasteiger partial charge >= 0.3 is 6.18 Å². The van der Waals surface area contributed by atoms with Crippen molar-refractivity contribution >= 4 is 28.8 Å². The van der Waals surface area contributed by atoms with Gasteiger partial charge in [0.15, 0.2) is 5.82 Å². The van der Waals surface area contributed by atoms with Crippen LogP contribution in [0.5, 0.6) is 0 Å². The van der Waals surface area contributed by atoms with Crippen LogP contribution in [0, 0.1) is 5.82 Å². The zero-order valence-electron chi connectivity index (χ0n) is 9.80. The smallest absolute Gasteiger partial charge is 0.396 e. The number of benzene rings is 1. The van der Waals surface area contributed by atoms with Crippen molar-refractivity contribution in [1.29, 1.82) is 0 Å². The lowest BCUT2D eigenvalue weighted by molar-refractivity contribution is -0.139. The van der Waals surface area contributed by atoms with Crippen LogP contribution < -0.4 is 11.1 Å². The number of nitrogens with one attached hydrogen (secondary N) is 1. The molecule has 0 amide bonds. The van der Waals surface area contributed by atoms with E-state index in [0.717, 1.165) is 12.1 Å². The van der Waals surface area contributed by atoms with Gasteiger partial charge in [0.1, 0.15) is 5.82 Å². The summed E-state index contributed by atoms with van der Waals surface area (Å²) in [5.74, 6) is -1.21. The number of rotatable bonds is 2. The van der Waals surface area contributed by atoms with Crippen LogP contribution in [-0.4, -0.2) is 4.98 Å². The van der Waals surface area contributed by atoms with E-state index >= 15 is 0 Å². The van der Waals surface area contributed by atoms with Gasteiger partial charge in [-0.1, -0.05) is 11.6 Å². The Morgan fingerprint density at radius 3 is 2.50 bits per heavy atom. The van der Waals surface area contributed by atoms with Crippen LogP contribution in [0.25, 0.3) is 0 Å². The number of halogens is 5. The van der Waals surface area contributed by atoms with Crippen molar-refractivity contribution in [1.82, 2.24) is 4.98 Å². The third kappa shape index (κ3) is 3.11. The molecule has 2 rings (SSSR count). The molecule has 0 atom stereocenters. The first-order chi connectivity index (χ1) is 9.27. The van der Waals surface area contributed by atoms with E-state index in [1.165, 1.54) is 12.3 Å². The van der Waals surface area contributed by atoms with E-state index in [0.29, 0.717) is 11.1 Å². The van der Waals surface area contributed by atoms with Gasteiger partial charge in [0.2, 0.25) is 0 Å². The molecule has 0 bridgehead atoms. The van der Waals surface area contributed by atoms with Crippen LogP contribution >= 0.6 is 11.6 Å². The Balaban J connectivity index is 2.35. The van der Waals surface area contributed by atoms with Crippen LogP contribution in [0.4, 0.5) is 34.8 Å². The number of hydrogen-bond donors (Lipinski definition) is 2. The number of nitrogens with two attached hydrogens (primary N) is 1. The Morgan fingerprint density at radius 1 is 1.20 bits per heavy atom. The van der Waals surface area contributed by atoms with E-state index in [9.17, 15) is 17.6 Å². The highest BCUT2D eigenvalue weighted by molar-refractivity contribution is 6.30. The van der Waals surface area contributed by atoms with Gasteiger partial charge in [0.05, 0.1) is 16.3 Å². The second-order valence-corrected chi connectivity index (χ2v) is 4.35. The maximum Gasteiger partial charge on any atom is 0.419 e. The Labute approximate surface area is 116 Å². The fourth-order valence-electron chi connectivity index (χ4n) is 1.52. The highest BCUT2D eigenvalue weighted by Crippen LogP contribution is 2.34. The van der Waals surface area contributed by atoms with Gasteiger partial charge in [-0.2, -0.15) is 13.2 Å². The molecule has 20 heavy (non-hydrogen) atoms. The number of nitrogen functional groups attached to an aromatic ring is 1. The van der Waals surface area contributed by atoms with Gasteiger partial charge in [-0.05, 0) is 24.3 Å². The highest BCUT2D eigenvalue weighted by Gasteiger charge is 2.34. The van der Waals surface area contributed by atoms with E-state index in [-0.39, 0.29) is 17.2 Å². The van der Waals surface area contributed by atoms with Crippen molar-refractivity contribution in [2.45, 2.75) is 6.18 Å². The predicted octanol–water partition coefficient (Wildman–Crippen LogP) is 4.22. The Bertz CT molecular complexity index is 643. The Hall–Kier alpha value is -2.02. The third-order valence-corrected chi connectivity index (χ3v) is 2.63. The van der Waals surface area contributed by atoms with Crippen molar-refractivity contribution < 1.29 is 17.6 Å². The van der Waals surface area contributed by atoms with Crippen molar-refractivity contribution in [2.24, 2.45) is 0 Å². The topological polar surface area (TPSA) is 50.9 Å². The molecule has 0 unspecified atom stereocenters. The molecule has 3 N–H and O–H groups in total. The maximum absolute atomic E-state index is 13.1. The molecule has 0 radical (unpaired) electrons. The van der Waals surface area contributed by atoms with E-state index in [2.05, 4.69) is 10.3 Å². The molecule has 1 aromatic heterocycles. The molecule has 0 saturated heterocycles. The lowest BCUT2D eigenvalue weighted by atomic mass is 10.2. The first kappa shape index (κ1) is 14.4.